The summed E-state index contributed by atoms with van der Waals surface area (Å²) in [6, 6.07) is 6.36. The van der Waals surface area contributed by atoms with E-state index in [2.05, 4.69) is 9.97 Å². The molecule has 0 aliphatic heterocycles. The van der Waals surface area contributed by atoms with Gasteiger partial charge in [-0.1, -0.05) is 6.07 Å². The standard InChI is InChI=1S/C14H16N2O3S/c1-9-10(2)15-11(3)16-14(9)19-12-6-5-7-13(8-12)20(4,17)18/h5-8H,1-4H3. The number of sulfone groups is 1. The number of aryl methyl sites for hydroxylation is 2. The van der Waals surface area contributed by atoms with Crippen LogP contribution in [0, 0.1) is 20.8 Å². The smallest absolute Gasteiger partial charge is 0.225 e. The summed E-state index contributed by atoms with van der Waals surface area (Å²) >= 11 is 0. The number of rotatable bonds is 3. The molecule has 1 aromatic heterocycles. The molecule has 0 saturated heterocycles. The molecule has 1 heterocycles. The average Bonchev–Trinajstić information content (AvgIpc) is 2.35. The summed E-state index contributed by atoms with van der Waals surface area (Å²) < 4.78 is 28.8. The summed E-state index contributed by atoms with van der Waals surface area (Å²) in [5.74, 6) is 1.50. The summed E-state index contributed by atoms with van der Waals surface area (Å²) in [6.45, 7) is 5.53. The molecule has 6 heteroatoms. The molecule has 0 bridgehead atoms. The zero-order valence-corrected chi connectivity index (χ0v) is 12.7. The van der Waals surface area contributed by atoms with Gasteiger partial charge in [-0.05, 0) is 39.0 Å². The van der Waals surface area contributed by atoms with Gasteiger partial charge in [0.2, 0.25) is 5.88 Å². The quantitative estimate of drug-likeness (QED) is 0.869. The van der Waals surface area contributed by atoms with Crippen molar-refractivity contribution in [3.8, 4) is 11.6 Å². The molecule has 0 N–H and O–H groups in total. The fraction of sp³-hybridized carbons (Fsp3) is 0.286. The first-order chi connectivity index (χ1) is 9.27. The molecule has 0 aliphatic rings. The van der Waals surface area contributed by atoms with Crippen molar-refractivity contribution in [1.29, 1.82) is 0 Å². The highest BCUT2D eigenvalue weighted by Gasteiger charge is 2.11. The number of hydrogen-bond acceptors (Lipinski definition) is 5. The van der Waals surface area contributed by atoms with Crippen LogP contribution in [0.2, 0.25) is 0 Å². The number of benzene rings is 1. The number of aromatic nitrogens is 2. The fourth-order valence-electron chi connectivity index (χ4n) is 1.72. The van der Waals surface area contributed by atoms with Crippen LogP contribution >= 0.6 is 0 Å². The zero-order chi connectivity index (χ0) is 14.9. The van der Waals surface area contributed by atoms with Gasteiger partial charge in [0.25, 0.3) is 0 Å². The maximum Gasteiger partial charge on any atom is 0.225 e. The molecule has 2 rings (SSSR count). The minimum atomic E-state index is -3.26. The van der Waals surface area contributed by atoms with Gasteiger partial charge in [-0.15, -0.1) is 0 Å². The molecule has 0 atom stereocenters. The Morgan fingerprint density at radius 3 is 2.45 bits per heavy atom. The van der Waals surface area contributed by atoms with Crippen LogP contribution in [0.1, 0.15) is 17.1 Å². The summed E-state index contributed by atoms with van der Waals surface area (Å²) in [6.07, 6.45) is 1.16. The minimum Gasteiger partial charge on any atom is -0.439 e. The molecule has 0 fully saturated rings. The van der Waals surface area contributed by atoms with E-state index < -0.39 is 9.84 Å². The van der Waals surface area contributed by atoms with E-state index in [4.69, 9.17) is 4.74 Å². The Hall–Kier alpha value is -1.95. The Balaban J connectivity index is 2.41. The average molecular weight is 292 g/mol. The second kappa shape index (κ2) is 5.20. The molecular formula is C14H16N2O3S. The molecule has 0 spiro atoms. The van der Waals surface area contributed by atoms with Gasteiger partial charge in [0.05, 0.1) is 4.90 Å². The van der Waals surface area contributed by atoms with Crippen LogP contribution in [0.15, 0.2) is 29.2 Å². The lowest BCUT2D eigenvalue weighted by molar-refractivity contribution is 0.453. The second-order valence-electron chi connectivity index (χ2n) is 4.64. The van der Waals surface area contributed by atoms with Gasteiger partial charge in [0.1, 0.15) is 11.6 Å². The second-order valence-corrected chi connectivity index (χ2v) is 6.65. The van der Waals surface area contributed by atoms with E-state index in [1.807, 2.05) is 13.8 Å². The van der Waals surface area contributed by atoms with Crippen molar-refractivity contribution >= 4 is 9.84 Å². The van der Waals surface area contributed by atoms with Crippen molar-refractivity contribution in [2.24, 2.45) is 0 Å². The predicted octanol–water partition coefficient (Wildman–Crippen LogP) is 2.60. The minimum absolute atomic E-state index is 0.218. The van der Waals surface area contributed by atoms with Gasteiger partial charge in [-0.25, -0.2) is 13.4 Å². The molecular weight excluding hydrogens is 276 g/mol. The molecule has 0 radical (unpaired) electrons. The van der Waals surface area contributed by atoms with E-state index >= 15 is 0 Å². The Labute approximate surface area is 118 Å². The third-order valence-electron chi connectivity index (χ3n) is 2.90. The van der Waals surface area contributed by atoms with Gasteiger partial charge < -0.3 is 4.74 Å². The summed E-state index contributed by atoms with van der Waals surface area (Å²) in [7, 11) is -3.26. The zero-order valence-electron chi connectivity index (χ0n) is 11.8. The molecule has 0 saturated carbocycles. The maximum absolute atomic E-state index is 11.5. The summed E-state index contributed by atoms with van der Waals surface area (Å²) in [5.41, 5.74) is 1.67. The molecule has 5 nitrogen and oxygen atoms in total. The van der Waals surface area contributed by atoms with E-state index in [0.717, 1.165) is 17.5 Å². The van der Waals surface area contributed by atoms with Crippen LogP contribution in [0.4, 0.5) is 0 Å². The van der Waals surface area contributed by atoms with Crippen molar-refractivity contribution in [2.75, 3.05) is 6.26 Å². The first kappa shape index (κ1) is 14.5. The number of hydrogen-bond donors (Lipinski definition) is 0. The van der Waals surface area contributed by atoms with E-state index in [0.29, 0.717) is 17.5 Å². The lowest BCUT2D eigenvalue weighted by Crippen LogP contribution is -2.01. The van der Waals surface area contributed by atoms with E-state index in [-0.39, 0.29) is 4.90 Å². The molecule has 0 aliphatic carbocycles. The van der Waals surface area contributed by atoms with Crippen molar-refractivity contribution in [1.82, 2.24) is 9.97 Å². The lowest BCUT2D eigenvalue weighted by atomic mass is 10.2. The van der Waals surface area contributed by atoms with Crippen molar-refractivity contribution in [2.45, 2.75) is 25.7 Å². The van der Waals surface area contributed by atoms with Crippen molar-refractivity contribution in [3.05, 3.63) is 41.3 Å². The molecule has 20 heavy (non-hydrogen) atoms. The third-order valence-corrected chi connectivity index (χ3v) is 4.01. The molecule has 0 amide bonds. The molecule has 106 valence electrons. The van der Waals surface area contributed by atoms with Crippen LogP contribution in [0.5, 0.6) is 11.6 Å². The van der Waals surface area contributed by atoms with Crippen LogP contribution < -0.4 is 4.74 Å². The highest BCUT2D eigenvalue weighted by atomic mass is 32.2. The Morgan fingerprint density at radius 1 is 1.10 bits per heavy atom. The van der Waals surface area contributed by atoms with Crippen molar-refractivity contribution < 1.29 is 13.2 Å². The van der Waals surface area contributed by atoms with E-state index in [1.165, 1.54) is 12.1 Å². The SMILES string of the molecule is Cc1nc(C)c(C)c(Oc2cccc(S(C)(=O)=O)c2)n1. The van der Waals surface area contributed by atoms with Crippen LogP contribution in [0.25, 0.3) is 0 Å². The molecule has 1 aromatic carbocycles. The topological polar surface area (TPSA) is 69.2 Å². The fourth-order valence-corrected chi connectivity index (χ4v) is 2.37. The van der Waals surface area contributed by atoms with E-state index in [9.17, 15) is 8.42 Å². The third kappa shape index (κ3) is 3.14. The maximum atomic E-state index is 11.5. The van der Waals surface area contributed by atoms with Gasteiger partial charge in [-0.2, -0.15) is 4.98 Å². The Bertz CT molecular complexity index is 755. The lowest BCUT2D eigenvalue weighted by Gasteiger charge is -2.10. The summed E-state index contributed by atoms with van der Waals surface area (Å²) in [4.78, 5) is 8.70. The van der Waals surface area contributed by atoms with Crippen LogP contribution in [0.3, 0.4) is 0 Å². The normalized spacial score (nSPS) is 11.4. The first-order valence-corrected chi connectivity index (χ1v) is 7.96. The monoisotopic (exact) mass is 292 g/mol. The van der Waals surface area contributed by atoms with Gasteiger partial charge in [-0.3, -0.25) is 0 Å². The Kier molecular flexibility index (Phi) is 3.76. The molecule has 0 unspecified atom stereocenters. The predicted molar refractivity (Wildman–Crippen MR) is 75.9 cm³/mol. The number of nitrogens with zero attached hydrogens (tertiary/aromatic N) is 2. The van der Waals surface area contributed by atoms with Crippen molar-refractivity contribution in [3.63, 3.8) is 0 Å². The first-order valence-electron chi connectivity index (χ1n) is 6.07. The number of ether oxygens (including phenoxy) is 1. The largest absolute Gasteiger partial charge is 0.439 e. The highest BCUT2D eigenvalue weighted by Crippen LogP contribution is 2.26. The van der Waals surface area contributed by atoms with Crippen LogP contribution in [-0.4, -0.2) is 24.6 Å². The van der Waals surface area contributed by atoms with Gasteiger partial charge >= 0.3 is 0 Å². The Morgan fingerprint density at radius 2 is 1.80 bits per heavy atom. The van der Waals surface area contributed by atoms with Gasteiger partial charge in [0.15, 0.2) is 9.84 Å². The summed E-state index contributed by atoms with van der Waals surface area (Å²) in [5, 5.41) is 0. The molecule has 2 aromatic rings. The van der Waals surface area contributed by atoms with E-state index in [1.54, 1.807) is 19.1 Å². The van der Waals surface area contributed by atoms with Gasteiger partial charge in [0, 0.05) is 17.5 Å². The highest BCUT2D eigenvalue weighted by molar-refractivity contribution is 7.90. The van der Waals surface area contributed by atoms with Crippen LogP contribution in [-0.2, 0) is 9.84 Å².